The number of benzene rings is 5. The van der Waals surface area contributed by atoms with E-state index in [-0.39, 0.29) is 6.17 Å². The molecule has 0 saturated heterocycles. The predicted molar refractivity (Wildman–Crippen MR) is 185 cm³/mol. The zero-order chi connectivity index (χ0) is 30.9. The molecule has 8 heteroatoms. The lowest BCUT2D eigenvalue weighted by Crippen LogP contribution is -2.50. The molecule has 6 nitrogen and oxygen atoms in total. The van der Waals surface area contributed by atoms with Gasteiger partial charge < -0.3 is 15.8 Å². The van der Waals surface area contributed by atoms with E-state index in [1.165, 1.54) is 5.56 Å². The highest BCUT2D eigenvalue weighted by Crippen LogP contribution is 2.56. The van der Waals surface area contributed by atoms with E-state index in [9.17, 15) is 0 Å². The highest BCUT2D eigenvalue weighted by atomic mass is 31.2. The third-order valence-electron chi connectivity index (χ3n) is 7.67. The van der Waals surface area contributed by atoms with Crippen LogP contribution in [0, 0.1) is 0 Å². The average Bonchev–Trinajstić information content (AvgIpc) is 3.09. The molecule has 1 heterocycles. The molecule has 6 rings (SSSR count). The molecule has 0 aromatic heterocycles. The van der Waals surface area contributed by atoms with Crippen molar-refractivity contribution in [3.05, 3.63) is 156 Å². The Balaban J connectivity index is 1.05. The second-order valence-electron chi connectivity index (χ2n) is 10.7. The molecule has 5 aromatic rings. The molecule has 1 aliphatic rings. The van der Waals surface area contributed by atoms with Gasteiger partial charge in [-0.2, -0.15) is 0 Å². The minimum Gasteiger partial charge on any atom is -0.493 e. The lowest BCUT2D eigenvalue weighted by Gasteiger charge is -2.24. The highest BCUT2D eigenvalue weighted by Gasteiger charge is 2.47. The normalized spacial score (nSPS) is 15.5. The highest BCUT2D eigenvalue weighted by molar-refractivity contribution is 7.91. The van der Waals surface area contributed by atoms with Gasteiger partial charge in [0.1, 0.15) is 21.7 Å². The summed E-state index contributed by atoms with van der Waals surface area (Å²) in [6.07, 6.45) is 1.20. The monoisotopic (exact) mass is 616 g/mol. The minimum atomic E-state index is -3.23. The maximum atomic E-state index is 17.0. The van der Waals surface area contributed by atoms with Gasteiger partial charge in [-0.3, -0.25) is 10.3 Å². The van der Waals surface area contributed by atoms with E-state index in [1.54, 1.807) is 0 Å². The number of hydrogen-bond acceptors (Lipinski definition) is 4. The van der Waals surface area contributed by atoms with Crippen LogP contribution in [0.25, 0.3) is 0 Å². The molecular weight excluding hydrogens is 580 g/mol. The molecule has 0 bridgehead atoms. The van der Waals surface area contributed by atoms with Crippen LogP contribution in [0.1, 0.15) is 22.9 Å². The molecular formula is C37H36FN5OP+. The van der Waals surface area contributed by atoms with Crippen molar-refractivity contribution in [2.24, 2.45) is 15.7 Å². The molecule has 0 radical (unpaired) electrons. The summed E-state index contributed by atoms with van der Waals surface area (Å²) in [6.45, 7) is 1.13. The number of guanidine groups is 2. The molecule has 0 aliphatic carbocycles. The van der Waals surface area contributed by atoms with Crippen molar-refractivity contribution in [1.29, 1.82) is 0 Å². The van der Waals surface area contributed by atoms with E-state index in [4.69, 9.17) is 10.5 Å². The number of halogens is 1. The van der Waals surface area contributed by atoms with E-state index in [0.717, 1.165) is 33.9 Å². The quantitative estimate of drug-likeness (QED) is 0.169. The molecule has 0 fully saturated rings. The first kappa shape index (κ1) is 30.0. The lowest BCUT2D eigenvalue weighted by molar-refractivity contribution is 0.322. The van der Waals surface area contributed by atoms with Crippen molar-refractivity contribution in [2.45, 2.75) is 19.0 Å². The molecule has 1 aliphatic heterocycles. The second kappa shape index (κ2) is 14.2. The van der Waals surface area contributed by atoms with Crippen LogP contribution in [0.3, 0.4) is 0 Å². The number of nitrogens with zero attached hydrogens (tertiary/aromatic N) is 2. The number of rotatable bonds is 11. The summed E-state index contributed by atoms with van der Waals surface area (Å²) < 4.78 is 23.0. The van der Waals surface area contributed by atoms with Crippen LogP contribution in [-0.4, -0.2) is 25.1 Å². The molecule has 1 unspecified atom stereocenters. The maximum Gasteiger partial charge on any atom is 0.298 e. The van der Waals surface area contributed by atoms with Gasteiger partial charge >= 0.3 is 0 Å². The fourth-order valence-electron chi connectivity index (χ4n) is 5.29. The summed E-state index contributed by atoms with van der Waals surface area (Å²) in [7, 11) is -3.23. The largest absolute Gasteiger partial charge is 0.493 e. The molecule has 0 spiro atoms. The van der Waals surface area contributed by atoms with Gasteiger partial charge in [-0.25, -0.2) is 4.99 Å². The van der Waals surface area contributed by atoms with Crippen LogP contribution in [0.2, 0.25) is 0 Å². The Hall–Kier alpha value is -5.00. The first-order valence-electron chi connectivity index (χ1n) is 15.1. The van der Waals surface area contributed by atoms with Crippen molar-refractivity contribution >= 4 is 35.4 Å². The van der Waals surface area contributed by atoms with Gasteiger partial charge in [0, 0.05) is 13.0 Å². The van der Waals surface area contributed by atoms with Crippen LogP contribution >= 0.6 is 7.57 Å². The summed E-state index contributed by atoms with van der Waals surface area (Å²) >= 11 is 0. The van der Waals surface area contributed by atoms with Gasteiger partial charge in [-0.15, -0.1) is 0 Å². The fourth-order valence-corrected chi connectivity index (χ4v) is 7.91. The van der Waals surface area contributed by atoms with Gasteiger partial charge in [0.2, 0.25) is 0 Å². The standard InChI is InChI=1S/C37H36FN5OP/c38-45(32-12-6-2-7-13-32,33-14-8-3-9-15-33)34-22-16-29(17-23-34)25-27-44-31-20-18-30(19-21-31)35-41-36(39)43-37(42-35)40-26-24-28-10-4-1-5-11-28/h1-23,35H,24-27H2,(H4,39,40,41,42,43)/q+1. The van der Waals surface area contributed by atoms with Gasteiger partial charge in [-0.05, 0) is 75.8 Å². The van der Waals surface area contributed by atoms with Crippen LogP contribution in [0.5, 0.6) is 5.75 Å². The van der Waals surface area contributed by atoms with E-state index in [0.29, 0.717) is 36.8 Å². The first-order chi connectivity index (χ1) is 22.1. The van der Waals surface area contributed by atoms with Crippen LogP contribution in [0.4, 0.5) is 4.20 Å². The summed E-state index contributed by atoms with van der Waals surface area (Å²) in [5.74, 6) is 1.69. The molecule has 45 heavy (non-hydrogen) atoms. The van der Waals surface area contributed by atoms with E-state index >= 15 is 4.20 Å². The van der Waals surface area contributed by atoms with E-state index < -0.39 is 7.57 Å². The van der Waals surface area contributed by atoms with E-state index in [2.05, 4.69) is 32.8 Å². The predicted octanol–water partition coefficient (Wildman–Crippen LogP) is 5.59. The first-order valence-corrected chi connectivity index (χ1v) is 16.7. The van der Waals surface area contributed by atoms with Crippen molar-refractivity contribution in [1.82, 2.24) is 10.6 Å². The molecule has 4 N–H and O–H groups in total. The Morgan fingerprint density at radius 2 is 1.24 bits per heavy atom. The SMILES string of the molecule is NC1=NC(c2ccc(OCCc3ccc([P+](F)(c4ccccc4)c4ccccc4)cc3)cc2)NC(=NCCc2ccccc2)N1. The van der Waals surface area contributed by atoms with Crippen LogP contribution in [0.15, 0.2) is 150 Å². The number of hydrogen-bond donors (Lipinski definition) is 3. The van der Waals surface area contributed by atoms with E-state index in [1.807, 2.05) is 127 Å². The topological polar surface area (TPSA) is 84.0 Å². The zero-order valence-corrected chi connectivity index (χ0v) is 25.8. The van der Waals surface area contributed by atoms with Gasteiger partial charge in [0.15, 0.2) is 18.1 Å². The van der Waals surface area contributed by atoms with Gasteiger partial charge in [0.05, 0.1) is 6.61 Å². The summed E-state index contributed by atoms with van der Waals surface area (Å²) in [4.78, 5) is 9.12. The van der Waals surface area contributed by atoms with Crippen molar-refractivity contribution < 1.29 is 8.93 Å². The molecule has 0 amide bonds. The Morgan fingerprint density at radius 1 is 0.689 bits per heavy atom. The Labute approximate surface area is 264 Å². The number of nitrogens with two attached hydrogens (primary N) is 1. The Kier molecular flexibility index (Phi) is 9.47. The molecule has 226 valence electrons. The van der Waals surface area contributed by atoms with Crippen LogP contribution in [-0.2, 0) is 12.8 Å². The minimum absolute atomic E-state index is 0.322. The molecule has 1 atom stereocenters. The van der Waals surface area contributed by atoms with Crippen molar-refractivity contribution in [3.63, 3.8) is 0 Å². The van der Waals surface area contributed by atoms with Gasteiger partial charge in [-0.1, -0.05) is 91.0 Å². The molecule has 0 saturated carbocycles. The summed E-state index contributed by atoms with van der Waals surface area (Å²) in [6, 6.07) is 44.9. The average molecular weight is 617 g/mol. The Bertz CT molecular complexity index is 1690. The second-order valence-corrected chi connectivity index (χ2v) is 13.5. The van der Waals surface area contributed by atoms with Crippen LogP contribution < -0.4 is 37.0 Å². The maximum absolute atomic E-state index is 17.0. The summed E-state index contributed by atoms with van der Waals surface area (Å²) in [5, 5.41) is 8.46. The lowest BCUT2D eigenvalue weighted by atomic mass is 10.1. The van der Waals surface area contributed by atoms with Crippen molar-refractivity contribution in [3.8, 4) is 5.75 Å². The number of aliphatic imine (C=N–C) groups is 2. The van der Waals surface area contributed by atoms with Crippen molar-refractivity contribution in [2.75, 3.05) is 13.2 Å². The fraction of sp³-hybridized carbons (Fsp3) is 0.135. The van der Waals surface area contributed by atoms with Gasteiger partial charge in [0.25, 0.3) is 7.57 Å². The molecule has 5 aromatic carbocycles. The number of nitrogens with one attached hydrogen (secondary N) is 2. The third-order valence-corrected chi connectivity index (χ3v) is 10.7. The smallest absolute Gasteiger partial charge is 0.298 e. The Morgan fingerprint density at radius 3 is 1.87 bits per heavy atom. The number of ether oxygens (including phenoxy) is 1. The summed E-state index contributed by atoms with van der Waals surface area (Å²) in [5.41, 5.74) is 9.33. The zero-order valence-electron chi connectivity index (χ0n) is 24.9. The third kappa shape index (κ3) is 7.39.